The lowest BCUT2D eigenvalue weighted by molar-refractivity contribution is -0.137. The second kappa shape index (κ2) is 11.0. The number of rotatable bonds is 10. The lowest BCUT2D eigenvalue weighted by atomic mass is 10.00. The molecule has 3 rings (SSSR count). The first-order valence-corrected chi connectivity index (χ1v) is 12.1. The van der Waals surface area contributed by atoms with Crippen LogP contribution >= 0.6 is 0 Å². The van der Waals surface area contributed by atoms with E-state index in [9.17, 15) is 9.59 Å². The molecule has 0 radical (unpaired) electrons. The van der Waals surface area contributed by atoms with Gasteiger partial charge in [0.15, 0.2) is 0 Å². The van der Waals surface area contributed by atoms with E-state index in [0.29, 0.717) is 17.8 Å². The fraction of sp³-hybridized carbons (Fsp3) is 0.615. The van der Waals surface area contributed by atoms with E-state index in [1.54, 1.807) is 0 Å². The van der Waals surface area contributed by atoms with Crippen LogP contribution in [-0.2, 0) is 9.59 Å². The molecule has 0 aromatic heterocycles. The Morgan fingerprint density at radius 3 is 2.28 bits per heavy atom. The van der Waals surface area contributed by atoms with Crippen LogP contribution in [0.15, 0.2) is 30.0 Å². The predicted molar refractivity (Wildman–Crippen MR) is 128 cm³/mol. The molecule has 0 unspecified atom stereocenters. The number of carbonyl (C=O) groups excluding carboxylic acids is 2. The molecule has 0 aliphatic carbocycles. The van der Waals surface area contributed by atoms with Crippen LogP contribution in [0, 0.1) is 0 Å². The van der Waals surface area contributed by atoms with Crippen molar-refractivity contribution in [3.8, 4) is 5.75 Å². The van der Waals surface area contributed by atoms with Gasteiger partial charge in [0, 0.05) is 19.6 Å². The van der Waals surface area contributed by atoms with Crippen molar-refractivity contribution in [2.45, 2.75) is 71.4 Å². The molecular formula is C26H39N3O3. The van der Waals surface area contributed by atoms with E-state index in [1.165, 1.54) is 4.90 Å². The van der Waals surface area contributed by atoms with Gasteiger partial charge in [-0.3, -0.25) is 14.5 Å². The van der Waals surface area contributed by atoms with Gasteiger partial charge in [-0.25, -0.2) is 0 Å². The summed E-state index contributed by atoms with van der Waals surface area (Å²) in [6, 6.07) is 7.84. The van der Waals surface area contributed by atoms with Gasteiger partial charge < -0.3 is 14.5 Å². The molecule has 0 atom stereocenters. The second-order valence-corrected chi connectivity index (χ2v) is 9.38. The van der Waals surface area contributed by atoms with Gasteiger partial charge in [0.25, 0.3) is 11.8 Å². The number of hydrogen-bond acceptors (Lipinski definition) is 5. The summed E-state index contributed by atoms with van der Waals surface area (Å²) in [5, 5.41) is 0. The molecule has 2 heterocycles. The summed E-state index contributed by atoms with van der Waals surface area (Å²) in [5.41, 5.74) is 1.87. The summed E-state index contributed by atoms with van der Waals surface area (Å²) in [7, 11) is 4.11. The number of amides is 2. The summed E-state index contributed by atoms with van der Waals surface area (Å²) >= 11 is 0. The Bertz CT molecular complexity index is 823. The van der Waals surface area contributed by atoms with Crippen LogP contribution < -0.4 is 4.74 Å². The van der Waals surface area contributed by atoms with Crippen LogP contribution in [0.3, 0.4) is 0 Å². The molecule has 176 valence electrons. The first kappa shape index (κ1) is 24.3. The number of hydrogen-bond donors (Lipinski definition) is 0. The monoisotopic (exact) mass is 441 g/mol. The van der Waals surface area contributed by atoms with E-state index in [1.807, 2.05) is 45.2 Å². The Kier molecular flexibility index (Phi) is 8.35. The molecule has 2 aliphatic rings. The highest BCUT2D eigenvalue weighted by Crippen LogP contribution is 2.34. The maximum absolute atomic E-state index is 13.5. The minimum atomic E-state index is -0.168. The lowest BCUT2D eigenvalue weighted by Crippen LogP contribution is -2.43. The van der Waals surface area contributed by atoms with Crippen LogP contribution in [0.2, 0.25) is 0 Å². The van der Waals surface area contributed by atoms with E-state index in [-0.39, 0.29) is 24.0 Å². The zero-order chi connectivity index (χ0) is 23.3. The van der Waals surface area contributed by atoms with Crippen LogP contribution in [0.25, 0.3) is 5.57 Å². The third kappa shape index (κ3) is 5.52. The number of unbranched alkanes of at least 4 members (excludes halogenated alkanes) is 3. The quantitative estimate of drug-likeness (QED) is 0.403. The van der Waals surface area contributed by atoms with Crippen molar-refractivity contribution >= 4 is 17.4 Å². The number of carbonyl (C=O) groups is 2. The maximum atomic E-state index is 13.5. The summed E-state index contributed by atoms with van der Waals surface area (Å²) < 4.78 is 5.76. The highest BCUT2D eigenvalue weighted by atomic mass is 16.5. The summed E-state index contributed by atoms with van der Waals surface area (Å²) in [6.07, 6.45) is 6.19. The Hall–Kier alpha value is -2.34. The lowest BCUT2D eigenvalue weighted by Gasteiger charge is -2.36. The first-order valence-electron chi connectivity index (χ1n) is 12.1. The molecule has 6 nitrogen and oxygen atoms in total. The van der Waals surface area contributed by atoms with Gasteiger partial charge in [0.1, 0.15) is 11.4 Å². The molecule has 0 bridgehead atoms. The normalized spacial score (nSPS) is 18.2. The zero-order valence-corrected chi connectivity index (χ0v) is 20.4. The zero-order valence-electron chi connectivity index (χ0n) is 20.4. The van der Waals surface area contributed by atoms with Crippen LogP contribution in [-0.4, -0.2) is 72.4 Å². The minimum Gasteiger partial charge on any atom is -0.491 e. The molecule has 6 heteroatoms. The topological polar surface area (TPSA) is 53.1 Å². The molecule has 1 saturated heterocycles. The number of nitrogens with zero attached hydrogens (tertiary/aromatic N) is 3. The fourth-order valence-electron chi connectivity index (χ4n) is 4.59. The van der Waals surface area contributed by atoms with Gasteiger partial charge in [0.2, 0.25) is 0 Å². The first-order chi connectivity index (χ1) is 15.3. The molecule has 0 saturated carbocycles. The SMILES string of the molecule is CCCCCCN1C(=O)C(c2ccc(OC(C)C)cc2)=C(N(C)C2CCN(C)CC2)C1=O. The van der Waals surface area contributed by atoms with Crippen molar-refractivity contribution in [1.29, 1.82) is 0 Å². The van der Waals surface area contributed by atoms with Crippen molar-refractivity contribution in [2.24, 2.45) is 0 Å². The van der Waals surface area contributed by atoms with E-state index in [2.05, 4.69) is 23.8 Å². The van der Waals surface area contributed by atoms with E-state index in [4.69, 9.17) is 4.74 Å². The van der Waals surface area contributed by atoms with Crippen molar-refractivity contribution in [3.63, 3.8) is 0 Å². The highest BCUT2D eigenvalue weighted by Gasteiger charge is 2.42. The van der Waals surface area contributed by atoms with Crippen LogP contribution in [0.5, 0.6) is 5.75 Å². The van der Waals surface area contributed by atoms with Gasteiger partial charge in [-0.2, -0.15) is 0 Å². The maximum Gasteiger partial charge on any atom is 0.277 e. The molecule has 0 spiro atoms. The molecule has 0 N–H and O–H groups in total. The summed E-state index contributed by atoms with van der Waals surface area (Å²) in [4.78, 5) is 32.8. The molecule has 2 amide bonds. The van der Waals surface area contributed by atoms with E-state index in [0.717, 1.165) is 62.9 Å². The number of likely N-dealkylation sites (N-methyl/N-ethyl adjacent to an activating group) is 1. The van der Waals surface area contributed by atoms with Gasteiger partial charge in [-0.15, -0.1) is 0 Å². The van der Waals surface area contributed by atoms with E-state index < -0.39 is 0 Å². The molecule has 32 heavy (non-hydrogen) atoms. The van der Waals surface area contributed by atoms with E-state index >= 15 is 0 Å². The standard InChI is InChI=1S/C26H39N3O3/c1-6-7-8-9-16-29-25(30)23(20-10-12-22(13-11-20)32-19(2)3)24(26(29)31)28(5)21-14-17-27(4)18-15-21/h10-13,19,21H,6-9,14-18H2,1-5H3. The number of ether oxygens (including phenoxy) is 1. The number of benzene rings is 1. The van der Waals surface area contributed by atoms with Crippen molar-refractivity contribution in [3.05, 3.63) is 35.5 Å². The number of piperidine rings is 1. The molecule has 1 aromatic carbocycles. The van der Waals surface area contributed by atoms with Crippen molar-refractivity contribution in [1.82, 2.24) is 14.7 Å². The van der Waals surface area contributed by atoms with Gasteiger partial charge in [-0.1, -0.05) is 38.3 Å². The Morgan fingerprint density at radius 1 is 1.03 bits per heavy atom. The Balaban J connectivity index is 1.90. The van der Waals surface area contributed by atoms with Crippen LogP contribution in [0.1, 0.15) is 64.9 Å². The predicted octanol–water partition coefficient (Wildman–Crippen LogP) is 4.16. The Labute approximate surface area is 193 Å². The molecule has 1 aromatic rings. The van der Waals surface area contributed by atoms with Gasteiger partial charge >= 0.3 is 0 Å². The van der Waals surface area contributed by atoms with Gasteiger partial charge in [0.05, 0.1) is 11.7 Å². The molecule has 2 aliphatic heterocycles. The highest BCUT2D eigenvalue weighted by molar-refractivity contribution is 6.35. The largest absolute Gasteiger partial charge is 0.491 e. The average Bonchev–Trinajstić information content (AvgIpc) is 3.01. The fourth-order valence-corrected chi connectivity index (χ4v) is 4.59. The summed E-state index contributed by atoms with van der Waals surface area (Å²) in [6.45, 7) is 8.62. The molecule has 1 fully saturated rings. The Morgan fingerprint density at radius 2 is 1.69 bits per heavy atom. The second-order valence-electron chi connectivity index (χ2n) is 9.38. The van der Waals surface area contributed by atoms with Crippen LogP contribution in [0.4, 0.5) is 0 Å². The number of imide groups is 1. The third-order valence-electron chi connectivity index (χ3n) is 6.48. The number of likely N-dealkylation sites (tertiary alicyclic amines) is 1. The van der Waals surface area contributed by atoms with Crippen molar-refractivity contribution < 1.29 is 14.3 Å². The van der Waals surface area contributed by atoms with Crippen molar-refractivity contribution in [2.75, 3.05) is 33.7 Å². The third-order valence-corrected chi connectivity index (χ3v) is 6.48. The summed E-state index contributed by atoms with van der Waals surface area (Å²) in [5.74, 6) is 0.451. The minimum absolute atomic E-state index is 0.0829. The molecular weight excluding hydrogens is 402 g/mol. The van der Waals surface area contributed by atoms with Gasteiger partial charge in [-0.05, 0) is 70.9 Å². The smallest absolute Gasteiger partial charge is 0.277 e. The average molecular weight is 442 g/mol.